The average Bonchev–Trinajstić information content (AvgIpc) is 2.37. The van der Waals surface area contributed by atoms with Crippen molar-refractivity contribution >= 4 is 0 Å². The van der Waals surface area contributed by atoms with Crippen LogP contribution < -0.4 is 5.84 Å². The molecule has 2 fully saturated rings. The van der Waals surface area contributed by atoms with Crippen LogP contribution in [0.15, 0.2) is 0 Å². The Morgan fingerprint density at radius 2 is 1.84 bits per heavy atom. The van der Waals surface area contributed by atoms with Crippen LogP contribution in [0.2, 0.25) is 0 Å². The molecule has 0 saturated carbocycles. The van der Waals surface area contributed by atoms with Crippen molar-refractivity contribution in [3.63, 3.8) is 0 Å². The first-order valence-electron chi connectivity index (χ1n) is 7.29. The van der Waals surface area contributed by atoms with E-state index in [9.17, 15) is 8.78 Å². The van der Waals surface area contributed by atoms with Gasteiger partial charge in [0.25, 0.3) is 5.92 Å². The van der Waals surface area contributed by atoms with Crippen molar-refractivity contribution in [2.45, 2.75) is 44.7 Å². The van der Waals surface area contributed by atoms with Gasteiger partial charge in [-0.3, -0.25) is 15.6 Å². The van der Waals surface area contributed by atoms with E-state index in [4.69, 9.17) is 5.84 Å². The standard InChI is InChI=1S/C13H26F2N4/c1-3-11(2)17-6-8-18(9-7-17)12-4-5-19(16)10-13(12,14)15/h11-12H,3-10,16H2,1-2H3. The highest BCUT2D eigenvalue weighted by Crippen LogP contribution is 2.31. The Balaban J connectivity index is 1.90. The van der Waals surface area contributed by atoms with Crippen LogP contribution in [0.4, 0.5) is 8.78 Å². The van der Waals surface area contributed by atoms with Crippen LogP contribution in [0.1, 0.15) is 26.7 Å². The molecule has 4 nitrogen and oxygen atoms in total. The molecule has 0 bridgehead atoms. The van der Waals surface area contributed by atoms with Gasteiger partial charge in [0.1, 0.15) is 0 Å². The van der Waals surface area contributed by atoms with Gasteiger partial charge in [-0.05, 0) is 19.8 Å². The molecule has 2 atom stereocenters. The van der Waals surface area contributed by atoms with Crippen LogP contribution in [0.25, 0.3) is 0 Å². The summed E-state index contributed by atoms with van der Waals surface area (Å²) in [4.78, 5) is 4.36. The third-order valence-electron chi connectivity index (χ3n) is 4.59. The number of hydrogen-bond donors (Lipinski definition) is 1. The number of hydrogen-bond acceptors (Lipinski definition) is 4. The number of alkyl halides is 2. The zero-order valence-corrected chi connectivity index (χ0v) is 12.0. The van der Waals surface area contributed by atoms with E-state index in [1.807, 2.05) is 4.90 Å². The summed E-state index contributed by atoms with van der Waals surface area (Å²) in [6, 6.07) is -0.0834. The number of nitrogens with zero attached hydrogens (tertiary/aromatic N) is 3. The molecule has 2 aliphatic rings. The number of nitrogens with two attached hydrogens (primary N) is 1. The molecule has 0 spiro atoms. The summed E-state index contributed by atoms with van der Waals surface area (Å²) < 4.78 is 28.1. The summed E-state index contributed by atoms with van der Waals surface area (Å²) >= 11 is 0. The molecule has 19 heavy (non-hydrogen) atoms. The average molecular weight is 276 g/mol. The van der Waals surface area contributed by atoms with Gasteiger partial charge in [-0.1, -0.05) is 6.92 Å². The Kier molecular flexibility index (Phi) is 4.76. The first-order chi connectivity index (χ1) is 8.94. The lowest BCUT2D eigenvalue weighted by Gasteiger charge is -2.46. The Hall–Kier alpha value is -0.300. The molecule has 2 unspecified atom stereocenters. The fourth-order valence-corrected chi connectivity index (χ4v) is 3.15. The molecule has 0 aliphatic carbocycles. The van der Waals surface area contributed by atoms with E-state index in [-0.39, 0.29) is 6.54 Å². The quantitative estimate of drug-likeness (QED) is 0.780. The van der Waals surface area contributed by atoms with E-state index in [1.165, 1.54) is 5.01 Å². The predicted octanol–water partition coefficient (Wildman–Crippen LogP) is 0.986. The smallest absolute Gasteiger partial charge is 0.277 e. The van der Waals surface area contributed by atoms with Crippen molar-refractivity contribution in [2.24, 2.45) is 5.84 Å². The molecule has 2 N–H and O–H groups in total. The number of rotatable bonds is 3. The highest BCUT2D eigenvalue weighted by molar-refractivity contribution is 4.93. The Bertz CT molecular complexity index is 292. The van der Waals surface area contributed by atoms with E-state index < -0.39 is 12.0 Å². The van der Waals surface area contributed by atoms with Gasteiger partial charge in [0.15, 0.2) is 0 Å². The van der Waals surface area contributed by atoms with Crippen molar-refractivity contribution in [2.75, 3.05) is 39.3 Å². The van der Waals surface area contributed by atoms with E-state index in [0.29, 0.717) is 19.0 Å². The SMILES string of the molecule is CCC(C)N1CCN(C2CCN(N)CC2(F)F)CC1. The van der Waals surface area contributed by atoms with Gasteiger partial charge < -0.3 is 0 Å². The second-order valence-corrected chi connectivity index (χ2v) is 5.87. The summed E-state index contributed by atoms with van der Waals surface area (Å²) in [7, 11) is 0. The molecule has 112 valence electrons. The van der Waals surface area contributed by atoms with Crippen molar-refractivity contribution in [3.05, 3.63) is 0 Å². The third kappa shape index (κ3) is 3.42. The first-order valence-corrected chi connectivity index (χ1v) is 7.29. The molecular formula is C13H26F2N4. The van der Waals surface area contributed by atoms with Crippen LogP contribution in [0.5, 0.6) is 0 Å². The van der Waals surface area contributed by atoms with Crippen molar-refractivity contribution in [3.8, 4) is 0 Å². The van der Waals surface area contributed by atoms with Crippen LogP contribution >= 0.6 is 0 Å². The molecule has 2 aliphatic heterocycles. The molecule has 0 aromatic carbocycles. The van der Waals surface area contributed by atoms with Crippen LogP contribution in [0.3, 0.4) is 0 Å². The second-order valence-electron chi connectivity index (χ2n) is 5.87. The third-order valence-corrected chi connectivity index (χ3v) is 4.59. The lowest BCUT2D eigenvalue weighted by Crippen LogP contribution is -2.63. The van der Waals surface area contributed by atoms with E-state index in [2.05, 4.69) is 18.7 Å². The lowest BCUT2D eigenvalue weighted by molar-refractivity contribution is -0.134. The minimum absolute atomic E-state index is 0.316. The van der Waals surface area contributed by atoms with Crippen molar-refractivity contribution in [1.82, 2.24) is 14.8 Å². The van der Waals surface area contributed by atoms with Crippen molar-refractivity contribution in [1.29, 1.82) is 0 Å². The molecule has 6 heteroatoms. The van der Waals surface area contributed by atoms with Crippen molar-refractivity contribution < 1.29 is 8.78 Å². The van der Waals surface area contributed by atoms with Gasteiger partial charge in [0, 0.05) is 38.8 Å². The highest BCUT2D eigenvalue weighted by Gasteiger charge is 2.47. The maximum Gasteiger partial charge on any atom is 0.277 e. The molecule has 0 aromatic rings. The highest BCUT2D eigenvalue weighted by atomic mass is 19.3. The fourth-order valence-electron chi connectivity index (χ4n) is 3.15. The molecular weight excluding hydrogens is 250 g/mol. The van der Waals surface area contributed by atoms with Gasteiger partial charge in [-0.2, -0.15) is 0 Å². The lowest BCUT2D eigenvalue weighted by atomic mass is 9.99. The Labute approximate surface area is 114 Å². The summed E-state index contributed by atoms with van der Waals surface area (Å²) in [6.07, 6.45) is 1.58. The minimum atomic E-state index is -2.69. The number of halogens is 2. The molecule has 2 rings (SSSR count). The summed E-state index contributed by atoms with van der Waals surface area (Å²) in [5.74, 6) is 2.82. The predicted molar refractivity (Wildman–Crippen MR) is 72.0 cm³/mol. The summed E-state index contributed by atoms with van der Waals surface area (Å²) in [6.45, 7) is 7.90. The van der Waals surface area contributed by atoms with Crippen LogP contribution in [-0.2, 0) is 0 Å². The monoisotopic (exact) mass is 276 g/mol. The molecule has 0 amide bonds. The molecule has 0 radical (unpaired) electrons. The first kappa shape index (κ1) is 15.1. The Morgan fingerprint density at radius 1 is 1.21 bits per heavy atom. The topological polar surface area (TPSA) is 35.7 Å². The number of piperazine rings is 1. The van der Waals surface area contributed by atoms with E-state index >= 15 is 0 Å². The van der Waals surface area contributed by atoms with Gasteiger partial charge >= 0.3 is 0 Å². The zero-order valence-electron chi connectivity index (χ0n) is 12.0. The fraction of sp³-hybridized carbons (Fsp3) is 1.00. The molecule has 2 heterocycles. The van der Waals surface area contributed by atoms with Crippen LogP contribution in [0, 0.1) is 0 Å². The summed E-state index contributed by atoms with van der Waals surface area (Å²) in [5, 5.41) is 1.24. The number of piperidine rings is 1. The normalized spacial score (nSPS) is 32.4. The maximum atomic E-state index is 14.0. The van der Waals surface area contributed by atoms with Gasteiger partial charge in [-0.15, -0.1) is 0 Å². The van der Waals surface area contributed by atoms with Gasteiger partial charge in [0.05, 0.1) is 12.6 Å². The second kappa shape index (κ2) is 5.99. The van der Waals surface area contributed by atoms with E-state index in [0.717, 1.165) is 32.6 Å². The van der Waals surface area contributed by atoms with Crippen LogP contribution in [-0.4, -0.2) is 72.1 Å². The maximum absolute atomic E-state index is 14.0. The Morgan fingerprint density at radius 3 is 2.37 bits per heavy atom. The largest absolute Gasteiger partial charge is 0.298 e. The minimum Gasteiger partial charge on any atom is -0.298 e. The number of hydrazine groups is 1. The molecule has 2 saturated heterocycles. The molecule has 0 aromatic heterocycles. The summed E-state index contributed by atoms with van der Waals surface area (Å²) in [5.41, 5.74) is 0. The van der Waals surface area contributed by atoms with Gasteiger partial charge in [0.2, 0.25) is 0 Å². The van der Waals surface area contributed by atoms with Gasteiger partial charge in [-0.25, -0.2) is 13.8 Å². The zero-order chi connectivity index (χ0) is 14.0. The van der Waals surface area contributed by atoms with E-state index in [1.54, 1.807) is 0 Å².